The summed E-state index contributed by atoms with van der Waals surface area (Å²) in [6.45, 7) is 2.59. The molecule has 1 rings (SSSR count). The molecule has 0 unspecified atom stereocenters. The number of carbonyl (C=O) groups excluding carboxylic acids is 1. The van der Waals surface area contributed by atoms with E-state index in [0.717, 1.165) is 0 Å². The first-order valence-corrected chi connectivity index (χ1v) is 4.11. The van der Waals surface area contributed by atoms with Crippen LogP contribution in [0.15, 0.2) is 0 Å². The first-order valence-electron chi connectivity index (χ1n) is 4.11. The van der Waals surface area contributed by atoms with Crippen LogP contribution in [0.25, 0.3) is 0 Å². The Balaban J connectivity index is 2.34. The second-order valence-electron chi connectivity index (χ2n) is 3.13. The van der Waals surface area contributed by atoms with Crippen LogP contribution in [0.5, 0.6) is 0 Å². The van der Waals surface area contributed by atoms with Crippen molar-refractivity contribution in [3.05, 3.63) is 0 Å². The van der Waals surface area contributed by atoms with Crippen LogP contribution in [0.4, 0.5) is 0 Å². The molecule has 0 amide bonds. The molecule has 1 aliphatic rings. The van der Waals surface area contributed by atoms with Gasteiger partial charge in [-0.1, -0.05) is 0 Å². The van der Waals surface area contributed by atoms with Crippen LogP contribution in [0.1, 0.15) is 19.8 Å². The molecular weight excluding hydrogens is 158 g/mol. The summed E-state index contributed by atoms with van der Waals surface area (Å²) < 4.78 is 9.84. The van der Waals surface area contributed by atoms with Gasteiger partial charge < -0.3 is 15.2 Å². The SMILES string of the molecule is CCO[C@H]1C[C@@](N)(C(=O)OC)C1. The van der Waals surface area contributed by atoms with Gasteiger partial charge in [-0.25, -0.2) is 0 Å². The van der Waals surface area contributed by atoms with Crippen molar-refractivity contribution in [2.45, 2.75) is 31.4 Å². The third kappa shape index (κ3) is 1.59. The highest BCUT2D eigenvalue weighted by atomic mass is 16.5. The lowest BCUT2D eigenvalue weighted by Crippen LogP contribution is -2.61. The van der Waals surface area contributed by atoms with Gasteiger partial charge in [-0.15, -0.1) is 0 Å². The molecule has 4 nitrogen and oxygen atoms in total. The lowest BCUT2D eigenvalue weighted by molar-refractivity contribution is -0.157. The van der Waals surface area contributed by atoms with E-state index in [1.54, 1.807) is 0 Å². The molecule has 1 aliphatic carbocycles. The fourth-order valence-corrected chi connectivity index (χ4v) is 1.48. The number of methoxy groups -OCH3 is 1. The average molecular weight is 173 g/mol. The molecule has 0 bridgehead atoms. The zero-order valence-electron chi connectivity index (χ0n) is 7.50. The van der Waals surface area contributed by atoms with Crippen molar-refractivity contribution in [1.82, 2.24) is 0 Å². The topological polar surface area (TPSA) is 61.5 Å². The van der Waals surface area contributed by atoms with E-state index in [1.807, 2.05) is 6.92 Å². The summed E-state index contributed by atoms with van der Waals surface area (Å²) in [6, 6.07) is 0. The maximum atomic E-state index is 11.1. The second-order valence-corrected chi connectivity index (χ2v) is 3.13. The summed E-state index contributed by atoms with van der Waals surface area (Å²) in [6.07, 6.45) is 1.29. The van der Waals surface area contributed by atoms with Crippen molar-refractivity contribution in [3.8, 4) is 0 Å². The minimum atomic E-state index is -0.783. The van der Waals surface area contributed by atoms with Gasteiger partial charge in [0.25, 0.3) is 0 Å². The number of hydrogen-bond acceptors (Lipinski definition) is 4. The molecule has 1 fully saturated rings. The molecule has 0 spiro atoms. The molecule has 2 N–H and O–H groups in total. The molecule has 0 aromatic heterocycles. The summed E-state index contributed by atoms with van der Waals surface area (Å²) in [7, 11) is 1.35. The van der Waals surface area contributed by atoms with E-state index >= 15 is 0 Å². The predicted molar refractivity (Wildman–Crippen MR) is 43.6 cm³/mol. The summed E-state index contributed by atoms with van der Waals surface area (Å²) in [5.74, 6) is -0.335. The lowest BCUT2D eigenvalue weighted by Gasteiger charge is -2.41. The molecule has 0 aliphatic heterocycles. The normalized spacial score (nSPS) is 34.1. The molecule has 0 heterocycles. The Labute approximate surface area is 72.0 Å². The third-order valence-corrected chi connectivity index (χ3v) is 2.18. The van der Waals surface area contributed by atoms with Crippen LogP contribution < -0.4 is 5.73 Å². The van der Waals surface area contributed by atoms with Gasteiger partial charge in [0.05, 0.1) is 13.2 Å². The third-order valence-electron chi connectivity index (χ3n) is 2.18. The molecule has 4 heteroatoms. The summed E-state index contributed by atoms with van der Waals surface area (Å²) in [4.78, 5) is 11.1. The van der Waals surface area contributed by atoms with Gasteiger partial charge in [-0.05, 0) is 6.92 Å². The number of carbonyl (C=O) groups is 1. The highest BCUT2D eigenvalue weighted by Gasteiger charge is 2.48. The van der Waals surface area contributed by atoms with Gasteiger partial charge in [0, 0.05) is 19.4 Å². The number of ether oxygens (including phenoxy) is 2. The van der Waals surface area contributed by atoms with Gasteiger partial charge >= 0.3 is 5.97 Å². The number of nitrogens with two attached hydrogens (primary N) is 1. The Morgan fingerprint density at radius 2 is 2.25 bits per heavy atom. The average Bonchev–Trinajstić information content (AvgIpc) is 2.00. The largest absolute Gasteiger partial charge is 0.468 e. The zero-order valence-corrected chi connectivity index (χ0v) is 7.50. The molecular formula is C8H15NO3. The van der Waals surface area contributed by atoms with Crippen LogP contribution in [0.3, 0.4) is 0 Å². The molecule has 0 atom stereocenters. The zero-order chi connectivity index (χ0) is 9.19. The fraction of sp³-hybridized carbons (Fsp3) is 0.875. The second kappa shape index (κ2) is 3.41. The van der Waals surface area contributed by atoms with Crippen molar-refractivity contribution in [2.75, 3.05) is 13.7 Å². The van der Waals surface area contributed by atoms with Crippen LogP contribution in [0, 0.1) is 0 Å². The molecule has 0 aromatic rings. The quantitative estimate of drug-likeness (QED) is 0.613. The van der Waals surface area contributed by atoms with Gasteiger partial charge in [0.1, 0.15) is 5.54 Å². The Morgan fingerprint density at radius 3 is 2.67 bits per heavy atom. The number of hydrogen-bond donors (Lipinski definition) is 1. The Morgan fingerprint density at radius 1 is 1.67 bits per heavy atom. The molecule has 1 saturated carbocycles. The first-order chi connectivity index (χ1) is 5.62. The molecule has 12 heavy (non-hydrogen) atoms. The summed E-state index contributed by atoms with van der Waals surface area (Å²) in [5.41, 5.74) is 4.94. The van der Waals surface area contributed by atoms with Crippen LogP contribution in [-0.2, 0) is 14.3 Å². The lowest BCUT2D eigenvalue weighted by atomic mass is 9.75. The van der Waals surface area contributed by atoms with E-state index < -0.39 is 5.54 Å². The van der Waals surface area contributed by atoms with Gasteiger partial charge in [-0.3, -0.25) is 4.79 Å². The summed E-state index contributed by atoms with van der Waals surface area (Å²) >= 11 is 0. The standard InChI is InChI=1S/C8H15NO3/c1-3-12-6-4-8(9,5-6)7(10)11-2/h6H,3-5,9H2,1-2H3/t6-,8-. The van der Waals surface area contributed by atoms with Gasteiger partial charge in [0.15, 0.2) is 0 Å². The molecule has 70 valence electrons. The number of rotatable bonds is 3. The van der Waals surface area contributed by atoms with Crippen molar-refractivity contribution < 1.29 is 14.3 Å². The highest BCUT2D eigenvalue weighted by Crippen LogP contribution is 2.33. The van der Waals surface area contributed by atoms with E-state index in [2.05, 4.69) is 4.74 Å². The number of esters is 1. The minimum absolute atomic E-state index is 0.138. The van der Waals surface area contributed by atoms with Gasteiger partial charge in [0.2, 0.25) is 0 Å². The Hall–Kier alpha value is -0.610. The summed E-state index contributed by atoms with van der Waals surface area (Å²) in [5, 5.41) is 0. The first kappa shape index (κ1) is 9.48. The van der Waals surface area contributed by atoms with E-state index in [0.29, 0.717) is 19.4 Å². The van der Waals surface area contributed by atoms with Crippen molar-refractivity contribution in [1.29, 1.82) is 0 Å². The van der Waals surface area contributed by atoms with Crippen molar-refractivity contribution in [2.24, 2.45) is 5.73 Å². The van der Waals surface area contributed by atoms with Crippen LogP contribution >= 0.6 is 0 Å². The van der Waals surface area contributed by atoms with E-state index in [9.17, 15) is 4.79 Å². The van der Waals surface area contributed by atoms with Crippen molar-refractivity contribution in [3.63, 3.8) is 0 Å². The maximum absolute atomic E-state index is 11.1. The molecule has 0 saturated heterocycles. The monoisotopic (exact) mass is 173 g/mol. The van der Waals surface area contributed by atoms with E-state index in [4.69, 9.17) is 10.5 Å². The van der Waals surface area contributed by atoms with E-state index in [-0.39, 0.29) is 12.1 Å². The minimum Gasteiger partial charge on any atom is -0.468 e. The fourth-order valence-electron chi connectivity index (χ4n) is 1.48. The molecule has 0 radical (unpaired) electrons. The predicted octanol–water partition coefficient (Wildman–Crippen LogP) is 0.0558. The van der Waals surface area contributed by atoms with Crippen LogP contribution in [-0.4, -0.2) is 31.3 Å². The maximum Gasteiger partial charge on any atom is 0.326 e. The smallest absolute Gasteiger partial charge is 0.326 e. The Kier molecular flexibility index (Phi) is 2.69. The highest BCUT2D eigenvalue weighted by molar-refractivity contribution is 5.81. The Bertz CT molecular complexity index is 175. The van der Waals surface area contributed by atoms with Gasteiger partial charge in [-0.2, -0.15) is 0 Å². The molecule has 0 aromatic carbocycles. The van der Waals surface area contributed by atoms with E-state index in [1.165, 1.54) is 7.11 Å². The van der Waals surface area contributed by atoms with Crippen molar-refractivity contribution >= 4 is 5.97 Å². The van der Waals surface area contributed by atoms with Crippen LogP contribution in [0.2, 0.25) is 0 Å².